The van der Waals surface area contributed by atoms with E-state index in [1.807, 2.05) is 11.0 Å². The minimum Gasteiger partial charge on any atom is -0.479 e. The molecule has 0 radical (unpaired) electrons. The predicted octanol–water partition coefficient (Wildman–Crippen LogP) is 3.13. The summed E-state index contributed by atoms with van der Waals surface area (Å²) in [4.78, 5) is 27.4. The normalized spacial score (nSPS) is 16.4. The summed E-state index contributed by atoms with van der Waals surface area (Å²) in [5, 5.41) is 9.33. The second kappa shape index (κ2) is 9.12. The SMILES string of the molecule is CC(Oc1ccc(CN2CCCN(C(=O)c3ccco3)CC2)cc1Cl)C(=O)O. The first-order chi connectivity index (χ1) is 13.4. The molecule has 28 heavy (non-hydrogen) atoms. The van der Waals surface area contributed by atoms with Crippen molar-refractivity contribution in [3.63, 3.8) is 0 Å². The van der Waals surface area contributed by atoms with Crippen LogP contribution >= 0.6 is 11.6 Å². The lowest BCUT2D eigenvalue weighted by molar-refractivity contribution is -0.144. The molecule has 1 atom stereocenters. The van der Waals surface area contributed by atoms with Crippen molar-refractivity contribution >= 4 is 23.5 Å². The molecular formula is C20H23ClN2O5. The number of rotatable bonds is 6. The maximum absolute atomic E-state index is 12.4. The van der Waals surface area contributed by atoms with E-state index in [1.54, 1.807) is 24.3 Å². The fourth-order valence-corrected chi connectivity index (χ4v) is 3.37. The van der Waals surface area contributed by atoms with E-state index >= 15 is 0 Å². The van der Waals surface area contributed by atoms with E-state index in [0.717, 1.165) is 25.1 Å². The summed E-state index contributed by atoms with van der Waals surface area (Å²) < 4.78 is 10.6. The van der Waals surface area contributed by atoms with Gasteiger partial charge in [0.15, 0.2) is 11.9 Å². The minimum atomic E-state index is -1.04. The molecule has 1 aromatic heterocycles. The highest BCUT2D eigenvalue weighted by Crippen LogP contribution is 2.27. The second-order valence-electron chi connectivity index (χ2n) is 6.76. The molecule has 0 aliphatic carbocycles. The Labute approximate surface area is 168 Å². The van der Waals surface area contributed by atoms with E-state index in [-0.39, 0.29) is 5.91 Å². The maximum Gasteiger partial charge on any atom is 0.344 e. The molecule has 1 aliphatic heterocycles. The average molecular weight is 407 g/mol. The molecule has 0 spiro atoms. The number of benzene rings is 1. The Kier molecular flexibility index (Phi) is 6.59. The molecular weight excluding hydrogens is 384 g/mol. The highest BCUT2D eigenvalue weighted by atomic mass is 35.5. The topological polar surface area (TPSA) is 83.2 Å². The molecule has 0 saturated carbocycles. The molecule has 1 fully saturated rings. The molecule has 7 nitrogen and oxygen atoms in total. The minimum absolute atomic E-state index is 0.0797. The van der Waals surface area contributed by atoms with Gasteiger partial charge in [0.2, 0.25) is 0 Å². The monoisotopic (exact) mass is 406 g/mol. The summed E-state index contributed by atoms with van der Waals surface area (Å²) in [6.07, 6.45) is 1.41. The second-order valence-corrected chi connectivity index (χ2v) is 7.17. The molecule has 2 heterocycles. The van der Waals surface area contributed by atoms with Gasteiger partial charge < -0.3 is 19.2 Å². The van der Waals surface area contributed by atoms with Crippen molar-refractivity contribution in [2.45, 2.75) is 26.0 Å². The Morgan fingerprint density at radius 1 is 1.25 bits per heavy atom. The maximum atomic E-state index is 12.4. The third kappa shape index (κ3) is 5.05. The van der Waals surface area contributed by atoms with Gasteiger partial charge in [-0.05, 0) is 43.2 Å². The van der Waals surface area contributed by atoms with Gasteiger partial charge in [-0.2, -0.15) is 0 Å². The summed E-state index contributed by atoms with van der Waals surface area (Å²) in [5.41, 5.74) is 1.01. The number of halogens is 1. The van der Waals surface area contributed by atoms with E-state index in [1.165, 1.54) is 13.2 Å². The van der Waals surface area contributed by atoms with Gasteiger partial charge in [-0.25, -0.2) is 4.79 Å². The molecule has 8 heteroatoms. The van der Waals surface area contributed by atoms with Crippen LogP contribution in [0.25, 0.3) is 0 Å². The Hall–Kier alpha value is -2.51. The third-order valence-corrected chi connectivity index (χ3v) is 4.96. The molecule has 1 N–H and O–H groups in total. The number of nitrogens with zero attached hydrogens (tertiary/aromatic N) is 2. The number of amides is 1. The van der Waals surface area contributed by atoms with Crippen LogP contribution in [0.4, 0.5) is 0 Å². The molecule has 1 amide bonds. The molecule has 0 bridgehead atoms. The number of carboxylic acids is 1. The first-order valence-electron chi connectivity index (χ1n) is 9.17. The quantitative estimate of drug-likeness (QED) is 0.793. The summed E-state index contributed by atoms with van der Waals surface area (Å²) in [7, 11) is 0. The number of carboxylic acid groups (broad SMARTS) is 1. The number of carbonyl (C=O) groups excluding carboxylic acids is 1. The van der Waals surface area contributed by atoms with Gasteiger partial charge in [0, 0.05) is 32.7 Å². The van der Waals surface area contributed by atoms with Gasteiger partial charge in [0.1, 0.15) is 5.75 Å². The Bertz CT molecular complexity index is 824. The van der Waals surface area contributed by atoms with Gasteiger partial charge in [0.25, 0.3) is 5.91 Å². The molecule has 2 aromatic rings. The number of furan rings is 1. The fourth-order valence-electron chi connectivity index (χ4n) is 3.13. The lowest BCUT2D eigenvalue weighted by Crippen LogP contribution is -2.34. The van der Waals surface area contributed by atoms with Gasteiger partial charge >= 0.3 is 5.97 Å². The van der Waals surface area contributed by atoms with Crippen LogP contribution in [0, 0.1) is 0 Å². The van der Waals surface area contributed by atoms with Crippen LogP contribution in [0.2, 0.25) is 5.02 Å². The fraction of sp³-hybridized carbons (Fsp3) is 0.400. The van der Waals surface area contributed by atoms with Crippen molar-refractivity contribution in [3.8, 4) is 5.75 Å². The number of hydrogen-bond donors (Lipinski definition) is 1. The van der Waals surface area contributed by atoms with Crippen LogP contribution in [0.1, 0.15) is 29.5 Å². The van der Waals surface area contributed by atoms with Crippen molar-refractivity contribution in [3.05, 3.63) is 52.9 Å². The summed E-state index contributed by atoms with van der Waals surface area (Å²) >= 11 is 6.25. The van der Waals surface area contributed by atoms with E-state index < -0.39 is 12.1 Å². The summed E-state index contributed by atoms with van der Waals surface area (Å²) in [6, 6.07) is 8.77. The zero-order valence-electron chi connectivity index (χ0n) is 15.6. The van der Waals surface area contributed by atoms with Crippen molar-refractivity contribution in [1.82, 2.24) is 9.80 Å². The molecule has 150 valence electrons. The smallest absolute Gasteiger partial charge is 0.344 e. The lowest BCUT2D eigenvalue weighted by atomic mass is 10.2. The molecule has 1 aromatic carbocycles. The van der Waals surface area contributed by atoms with Crippen LogP contribution in [0.3, 0.4) is 0 Å². The number of hydrogen-bond acceptors (Lipinski definition) is 5. The van der Waals surface area contributed by atoms with Crippen LogP contribution < -0.4 is 4.74 Å². The van der Waals surface area contributed by atoms with Gasteiger partial charge in [-0.3, -0.25) is 9.69 Å². The standard InChI is InChI=1S/C20H23ClN2O5/c1-14(20(25)26)28-17-6-5-15(12-16(17)21)13-22-7-3-8-23(10-9-22)19(24)18-4-2-11-27-18/h2,4-6,11-12,14H,3,7-10,13H2,1H3,(H,25,26). The van der Waals surface area contributed by atoms with Crippen molar-refractivity contribution < 1.29 is 23.8 Å². The van der Waals surface area contributed by atoms with Crippen LogP contribution in [-0.4, -0.2) is 59.1 Å². The zero-order valence-corrected chi connectivity index (χ0v) is 16.4. The van der Waals surface area contributed by atoms with Crippen LogP contribution in [0.15, 0.2) is 41.0 Å². The van der Waals surface area contributed by atoms with Gasteiger partial charge in [-0.15, -0.1) is 0 Å². The molecule has 1 saturated heterocycles. The van der Waals surface area contributed by atoms with E-state index in [9.17, 15) is 9.59 Å². The Balaban J connectivity index is 1.57. The molecule has 1 unspecified atom stereocenters. The summed E-state index contributed by atoms with van der Waals surface area (Å²) in [6.45, 7) is 5.09. The summed E-state index contributed by atoms with van der Waals surface area (Å²) in [5.74, 6) is -0.403. The predicted molar refractivity (Wildman–Crippen MR) is 104 cm³/mol. The largest absolute Gasteiger partial charge is 0.479 e. The first kappa shape index (κ1) is 20.2. The van der Waals surface area contributed by atoms with Crippen LogP contribution in [-0.2, 0) is 11.3 Å². The van der Waals surface area contributed by atoms with Crippen molar-refractivity contribution in [1.29, 1.82) is 0 Å². The van der Waals surface area contributed by atoms with Crippen LogP contribution in [0.5, 0.6) is 5.75 Å². The lowest BCUT2D eigenvalue weighted by Gasteiger charge is -2.22. The number of carbonyl (C=O) groups is 2. The third-order valence-electron chi connectivity index (χ3n) is 4.66. The molecule has 1 aliphatic rings. The number of aliphatic carboxylic acids is 1. The Morgan fingerprint density at radius 3 is 2.75 bits per heavy atom. The average Bonchev–Trinajstić information content (AvgIpc) is 3.10. The van der Waals surface area contributed by atoms with E-state index in [0.29, 0.717) is 36.2 Å². The molecule has 3 rings (SSSR count). The van der Waals surface area contributed by atoms with E-state index in [4.69, 9.17) is 25.9 Å². The van der Waals surface area contributed by atoms with Gasteiger partial charge in [-0.1, -0.05) is 17.7 Å². The highest BCUT2D eigenvalue weighted by Gasteiger charge is 2.22. The Morgan fingerprint density at radius 2 is 2.07 bits per heavy atom. The first-order valence-corrected chi connectivity index (χ1v) is 9.55. The zero-order chi connectivity index (χ0) is 20.1. The van der Waals surface area contributed by atoms with Crippen molar-refractivity contribution in [2.75, 3.05) is 26.2 Å². The highest BCUT2D eigenvalue weighted by molar-refractivity contribution is 6.32. The number of ether oxygens (including phenoxy) is 1. The van der Waals surface area contributed by atoms with Crippen molar-refractivity contribution in [2.24, 2.45) is 0 Å². The van der Waals surface area contributed by atoms with Gasteiger partial charge in [0.05, 0.1) is 11.3 Å². The van der Waals surface area contributed by atoms with E-state index in [2.05, 4.69) is 4.90 Å².